The number of hydrogen-bond acceptors (Lipinski definition) is 6. The lowest BCUT2D eigenvalue weighted by molar-refractivity contribution is 0.0714. The molecule has 0 unspecified atom stereocenters. The third-order valence-corrected chi connectivity index (χ3v) is 4.51. The minimum Gasteiger partial charge on any atom is -0.497 e. The van der Waals surface area contributed by atoms with Crippen LogP contribution < -0.4 is 14.8 Å². The summed E-state index contributed by atoms with van der Waals surface area (Å²) in [4.78, 5) is 19.1. The predicted octanol–water partition coefficient (Wildman–Crippen LogP) is 3.46. The summed E-state index contributed by atoms with van der Waals surface area (Å²) in [7, 11) is 3.20. The molecular weight excluding hydrogens is 346 g/mol. The number of anilines is 1. The summed E-state index contributed by atoms with van der Waals surface area (Å²) in [6.07, 6.45) is 2.81. The first-order chi connectivity index (χ1) is 13.2. The predicted molar refractivity (Wildman–Crippen MR) is 98.7 cm³/mol. The third-order valence-electron chi connectivity index (χ3n) is 4.51. The molecule has 1 N–H and O–H groups in total. The molecule has 0 fully saturated rings. The van der Waals surface area contributed by atoms with Crippen LogP contribution in [-0.4, -0.2) is 30.0 Å². The highest BCUT2D eigenvalue weighted by Crippen LogP contribution is 2.37. The Morgan fingerprint density at radius 1 is 1.19 bits per heavy atom. The lowest BCUT2D eigenvalue weighted by Gasteiger charge is -2.26. The second-order valence-corrected chi connectivity index (χ2v) is 6.06. The molecule has 1 aliphatic heterocycles. The van der Waals surface area contributed by atoms with Crippen LogP contribution in [0, 0.1) is 0 Å². The average Bonchev–Trinajstić information content (AvgIpc) is 3.31. The van der Waals surface area contributed by atoms with E-state index in [0.717, 1.165) is 0 Å². The standard InChI is InChI=1S/C20H19N3O4/c1-25-13-7-8-17(26-2)16(11-13)22-19-18-15(6-3-9-21-18)20(24)23(19)12-14-5-4-10-27-14/h3-11,19,22H,12H2,1-2H3/t19-/m1/s1. The van der Waals surface area contributed by atoms with Crippen molar-refractivity contribution in [1.29, 1.82) is 0 Å². The van der Waals surface area contributed by atoms with E-state index in [1.807, 2.05) is 24.3 Å². The van der Waals surface area contributed by atoms with Gasteiger partial charge in [-0.25, -0.2) is 0 Å². The van der Waals surface area contributed by atoms with E-state index in [1.54, 1.807) is 49.8 Å². The van der Waals surface area contributed by atoms with Gasteiger partial charge in [0.2, 0.25) is 0 Å². The van der Waals surface area contributed by atoms with Crippen molar-refractivity contribution in [2.75, 3.05) is 19.5 Å². The molecule has 3 aromatic rings. The average molecular weight is 365 g/mol. The molecular formula is C20H19N3O4. The summed E-state index contributed by atoms with van der Waals surface area (Å²) in [6.45, 7) is 0.326. The summed E-state index contributed by atoms with van der Waals surface area (Å²) in [6, 6.07) is 12.6. The molecule has 7 heteroatoms. The molecule has 0 spiro atoms. The molecule has 0 aliphatic carbocycles. The minimum absolute atomic E-state index is 0.103. The molecule has 1 aromatic carbocycles. The Labute approximate surface area is 156 Å². The van der Waals surface area contributed by atoms with Crippen molar-refractivity contribution in [1.82, 2.24) is 9.88 Å². The number of amides is 1. The van der Waals surface area contributed by atoms with Crippen LogP contribution >= 0.6 is 0 Å². The Bertz CT molecular complexity index is 956. The van der Waals surface area contributed by atoms with Crippen molar-refractivity contribution in [3.8, 4) is 11.5 Å². The van der Waals surface area contributed by atoms with E-state index < -0.39 is 6.17 Å². The van der Waals surface area contributed by atoms with Crippen molar-refractivity contribution in [2.24, 2.45) is 0 Å². The number of nitrogens with zero attached hydrogens (tertiary/aromatic N) is 2. The Hall–Kier alpha value is -3.48. The van der Waals surface area contributed by atoms with Crippen LogP contribution in [0.2, 0.25) is 0 Å². The number of ether oxygens (including phenoxy) is 2. The summed E-state index contributed by atoms with van der Waals surface area (Å²) in [5, 5.41) is 3.38. The summed E-state index contributed by atoms with van der Waals surface area (Å²) >= 11 is 0. The number of methoxy groups -OCH3 is 2. The minimum atomic E-state index is -0.459. The fraction of sp³-hybridized carbons (Fsp3) is 0.200. The molecule has 0 radical (unpaired) electrons. The van der Waals surface area contributed by atoms with Gasteiger partial charge >= 0.3 is 0 Å². The zero-order valence-electron chi connectivity index (χ0n) is 15.0. The number of fused-ring (bicyclic) bond motifs is 1. The quantitative estimate of drug-likeness (QED) is 0.721. The maximum atomic E-state index is 12.9. The van der Waals surface area contributed by atoms with Crippen LogP contribution in [0.1, 0.15) is 28.0 Å². The van der Waals surface area contributed by atoms with Gasteiger partial charge < -0.3 is 24.1 Å². The molecule has 138 valence electrons. The number of nitrogens with one attached hydrogen (secondary N) is 1. The lowest BCUT2D eigenvalue weighted by atomic mass is 10.2. The van der Waals surface area contributed by atoms with Crippen LogP contribution in [0.3, 0.4) is 0 Å². The fourth-order valence-corrected chi connectivity index (χ4v) is 3.19. The van der Waals surface area contributed by atoms with E-state index in [0.29, 0.717) is 40.7 Å². The molecule has 1 amide bonds. The lowest BCUT2D eigenvalue weighted by Crippen LogP contribution is -2.32. The van der Waals surface area contributed by atoms with E-state index in [-0.39, 0.29) is 5.91 Å². The third kappa shape index (κ3) is 3.08. The van der Waals surface area contributed by atoms with Gasteiger partial charge in [-0.1, -0.05) is 0 Å². The molecule has 0 bridgehead atoms. The largest absolute Gasteiger partial charge is 0.497 e. The zero-order chi connectivity index (χ0) is 18.8. The Kier molecular flexibility index (Phi) is 4.42. The number of rotatable bonds is 6. The molecule has 0 saturated carbocycles. The summed E-state index contributed by atoms with van der Waals surface area (Å²) in [5.74, 6) is 1.92. The van der Waals surface area contributed by atoms with Gasteiger partial charge in [-0.3, -0.25) is 9.78 Å². The molecule has 3 heterocycles. The number of hydrogen-bond donors (Lipinski definition) is 1. The Morgan fingerprint density at radius 3 is 2.81 bits per heavy atom. The highest BCUT2D eigenvalue weighted by atomic mass is 16.5. The SMILES string of the molecule is COc1ccc(OC)c(N[C@H]2c3ncccc3C(=O)N2Cc2ccco2)c1. The smallest absolute Gasteiger partial charge is 0.258 e. The molecule has 7 nitrogen and oxygen atoms in total. The molecule has 27 heavy (non-hydrogen) atoms. The van der Waals surface area contributed by atoms with Gasteiger partial charge in [-0.05, 0) is 36.4 Å². The maximum absolute atomic E-state index is 12.9. The molecule has 2 aromatic heterocycles. The highest BCUT2D eigenvalue weighted by Gasteiger charge is 2.38. The first-order valence-electron chi connectivity index (χ1n) is 8.48. The number of furan rings is 1. The molecule has 4 rings (SSSR count). The van der Waals surface area contributed by atoms with Crippen molar-refractivity contribution in [3.63, 3.8) is 0 Å². The van der Waals surface area contributed by atoms with E-state index in [1.165, 1.54) is 0 Å². The maximum Gasteiger partial charge on any atom is 0.258 e. The van der Waals surface area contributed by atoms with E-state index in [4.69, 9.17) is 13.9 Å². The zero-order valence-corrected chi connectivity index (χ0v) is 15.0. The van der Waals surface area contributed by atoms with E-state index >= 15 is 0 Å². The fourth-order valence-electron chi connectivity index (χ4n) is 3.19. The van der Waals surface area contributed by atoms with Gasteiger partial charge in [0.1, 0.15) is 23.4 Å². The van der Waals surface area contributed by atoms with Gasteiger partial charge in [-0.15, -0.1) is 0 Å². The van der Waals surface area contributed by atoms with Crippen LogP contribution in [-0.2, 0) is 6.54 Å². The highest BCUT2D eigenvalue weighted by molar-refractivity contribution is 5.99. The van der Waals surface area contributed by atoms with Crippen molar-refractivity contribution in [2.45, 2.75) is 12.7 Å². The topological polar surface area (TPSA) is 76.8 Å². The first kappa shape index (κ1) is 17.0. The Balaban J connectivity index is 1.72. The van der Waals surface area contributed by atoms with Gasteiger partial charge in [0, 0.05) is 12.3 Å². The first-order valence-corrected chi connectivity index (χ1v) is 8.48. The van der Waals surface area contributed by atoms with E-state index in [2.05, 4.69) is 10.3 Å². The van der Waals surface area contributed by atoms with Crippen LogP contribution in [0.15, 0.2) is 59.3 Å². The van der Waals surface area contributed by atoms with Crippen LogP contribution in [0.25, 0.3) is 0 Å². The molecule has 1 aliphatic rings. The van der Waals surface area contributed by atoms with Gasteiger partial charge in [0.25, 0.3) is 5.91 Å². The number of carbonyl (C=O) groups is 1. The van der Waals surface area contributed by atoms with Crippen LogP contribution in [0.4, 0.5) is 5.69 Å². The molecule has 0 saturated heterocycles. The number of carbonyl (C=O) groups excluding carboxylic acids is 1. The number of aromatic nitrogens is 1. The summed E-state index contributed by atoms with van der Waals surface area (Å²) in [5.41, 5.74) is 1.94. The van der Waals surface area contributed by atoms with Gasteiger partial charge in [0.15, 0.2) is 0 Å². The Morgan fingerprint density at radius 2 is 2.07 bits per heavy atom. The number of benzene rings is 1. The van der Waals surface area contributed by atoms with E-state index in [9.17, 15) is 4.79 Å². The normalized spacial score (nSPS) is 15.6. The van der Waals surface area contributed by atoms with Crippen molar-refractivity contribution >= 4 is 11.6 Å². The second kappa shape index (κ2) is 7.03. The van der Waals surface area contributed by atoms with Crippen LogP contribution in [0.5, 0.6) is 11.5 Å². The summed E-state index contributed by atoms with van der Waals surface area (Å²) < 4.78 is 16.2. The second-order valence-electron chi connectivity index (χ2n) is 6.06. The molecule has 1 atom stereocenters. The van der Waals surface area contributed by atoms with Gasteiger partial charge in [0.05, 0.1) is 44.0 Å². The van der Waals surface area contributed by atoms with Crippen molar-refractivity contribution in [3.05, 3.63) is 71.9 Å². The monoisotopic (exact) mass is 365 g/mol. The van der Waals surface area contributed by atoms with Crippen molar-refractivity contribution < 1.29 is 18.7 Å². The van der Waals surface area contributed by atoms with Gasteiger partial charge in [-0.2, -0.15) is 0 Å². The number of pyridine rings is 1.